The van der Waals surface area contributed by atoms with Gasteiger partial charge in [-0.1, -0.05) is 103 Å². The third kappa shape index (κ3) is 4.29. The summed E-state index contributed by atoms with van der Waals surface area (Å²) in [6, 6.07) is 35.3. The molecule has 0 unspecified atom stereocenters. The van der Waals surface area contributed by atoms with Gasteiger partial charge in [-0.05, 0) is 82.5 Å². The van der Waals surface area contributed by atoms with Gasteiger partial charge in [0.15, 0.2) is 0 Å². The lowest BCUT2D eigenvalue weighted by molar-refractivity contribution is 1.04. The molecule has 0 atom stereocenters. The fraction of sp³-hybridized carbons (Fsp3) is 0.0968. The molecule has 0 spiro atoms. The Balaban J connectivity index is 1.58. The summed E-state index contributed by atoms with van der Waals surface area (Å²) >= 11 is 0. The second kappa shape index (κ2) is 8.62. The molecule has 0 fully saturated rings. The zero-order valence-electron chi connectivity index (χ0n) is 17.9. The second-order valence-electron chi connectivity index (χ2n) is 8.25. The highest BCUT2D eigenvalue weighted by Gasteiger charge is 2.09. The van der Waals surface area contributed by atoms with Crippen molar-refractivity contribution in [2.24, 2.45) is 0 Å². The third-order valence-corrected chi connectivity index (χ3v) is 5.94. The van der Waals surface area contributed by atoms with Crippen LogP contribution in [0.5, 0.6) is 0 Å². The molecule has 0 amide bonds. The molecule has 150 valence electrons. The van der Waals surface area contributed by atoms with E-state index < -0.39 is 0 Å². The third-order valence-electron chi connectivity index (χ3n) is 5.94. The summed E-state index contributed by atoms with van der Waals surface area (Å²) in [4.78, 5) is 0. The zero-order chi connectivity index (χ0) is 21.0. The summed E-state index contributed by atoms with van der Waals surface area (Å²) in [6.45, 7) is 2.14. The van der Waals surface area contributed by atoms with Crippen LogP contribution in [0.1, 0.15) is 24.0 Å². The van der Waals surface area contributed by atoms with Gasteiger partial charge >= 0.3 is 0 Å². The van der Waals surface area contributed by atoms with Crippen molar-refractivity contribution in [1.29, 1.82) is 0 Å². The molecule has 0 bridgehead atoms. The van der Waals surface area contributed by atoms with E-state index in [-0.39, 0.29) is 0 Å². The van der Waals surface area contributed by atoms with Crippen LogP contribution in [0.3, 0.4) is 0 Å². The summed E-state index contributed by atoms with van der Waals surface area (Å²) in [7, 11) is 0. The Kier molecular flexibility index (Phi) is 5.37. The number of hydrogen-bond acceptors (Lipinski definition) is 0. The van der Waals surface area contributed by atoms with Crippen LogP contribution in [0.4, 0.5) is 0 Å². The van der Waals surface area contributed by atoms with Gasteiger partial charge in [0.25, 0.3) is 0 Å². The normalized spacial score (nSPS) is 13.1. The lowest BCUT2D eigenvalue weighted by Crippen LogP contribution is -1.90. The molecule has 0 heterocycles. The molecule has 1 aliphatic carbocycles. The van der Waals surface area contributed by atoms with E-state index in [1.807, 2.05) is 0 Å². The first-order valence-corrected chi connectivity index (χ1v) is 11.0. The molecular formula is C31H26. The Labute approximate surface area is 185 Å². The maximum Gasteiger partial charge on any atom is -0.0172 e. The van der Waals surface area contributed by atoms with Crippen LogP contribution in [-0.4, -0.2) is 0 Å². The zero-order valence-corrected chi connectivity index (χ0v) is 17.9. The van der Waals surface area contributed by atoms with E-state index in [4.69, 9.17) is 0 Å². The SMILES string of the molecule is Cc1cccc(-c2ccc(-c3cc(C4=CCCC=C4)cc(-c4ccccc4)c3)cc2)c1. The molecule has 0 N–H and O–H groups in total. The van der Waals surface area contributed by atoms with E-state index in [2.05, 4.69) is 122 Å². The minimum absolute atomic E-state index is 1.11. The molecular weight excluding hydrogens is 372 g/mol. The number of allylic oxidation sites excluding steroid dienone is 4. The smallest absolute Gasteiger partial charge is 0.0172 e. The fourth-order valence-corrected chi connectivity index (χ4v) is 4.27. The van der Waals surface area contributed by atoms with Crippen LogP contribution in [0.2, 0.25) is 0 Å². The second-order valence-corrected chi connectivity index (χ2v) is 8.25. The first kappa shape index (κ1) is 19.3. The molecule has 5 rings (SSSR count). The van der Waals surface area contributed by atoms with E-state index in [9.17, 15) is 0 Å². The maximum atomic E-state index is 2.36. The topological polar surface area (TPSA) is 0 Å². The van der Waals surface area contributed by atoms with Gasteiger partial charge in [0.05, 0.1) is 0 Å². The highest BCUT2D eigenvalue weighted by Crippen LogP contribution is 2.33. The van der Waals surface area contributed by atoms with Crippen molar-refractivity contribution >= 4 is 5.57 Å². The van der Waals surface area contributed by atoms with Crippen molar-refractivity contribution in [3.63, 3.8) is 0 Å². The first-order valence-electron chi connectivity index (χ1n) is 11.0. The first-order chi connectivity index (χ1) is 15.3. The summed E-state index contributed by atoms with van der Waals surface area (Å²) in [5.41, 5.74) is 11.4. The van der Waals surface area contributed by atoms with Crippen LogP contribution in [-0.2, 0) is 0 Å². The Morgan fingerprint density at radius 1 is 0.484 bits per heavy atom. The molecule has 0 saturated heterocycles. The van der Waals surface area contributed by atoms with Crippen LogP contribution < -0.4 is 0 Å². The molecule has 0 aromatic heterocycles. The minimum Gasteiger partial charge on any atom is -0.0836 e. The summed E-state index contributed by atoms with van der Waals surface area (Å²) in [5, 5.41) is 0. The fourth-order valence-electron chi connectivity index (χ4n) is 4.27. The van der Waals surface area contributed by atoms with Crippen molar-refractivity contribution in [3.8, 4) is 33.4 Å². The van der Waals surface area contributed by atoms with Crippen molar-refractivity contribution in [3.05, 3.63) is 126 Å². The van der Waals surface area contributed by atoms with E-state index >= 15 is 0 Å². The van der Waals surface area contributed by atoms with Gasteiger partial charge in [0.2, 0.25) is 0 Å². The molecule has 1 aliphatic rings. The monoisotopic (exact) mass is 398 g/mol. The van der Waals surface area contributed by atoms with Crippen molar-refractivity contribution < 1.29 is 0 Å². The highest BCUT2D eigenvalue weighted by atomic mass is 14.1. The summed E-state index contributed by atoms with van der Waals surface area (Å²) in [6.07, 6.45) is 9.14. The lowest BCUT2D eigenvalue weighted by atomic mass is 9.91. The molecule has 0 nitrogen and oxygen atoms in total. The van der Waals surface area contributed by atoms with Gasteiger partial charge in [-0.15, -0.1) is 0 Å². The largest absolute Gasteiger partial charge is 0.0836 e. The highest BCUT2D eigenvalue weighted by molar-refractivity contribution is 5.84. The van der Waals surface area contributed by atoms with Crippen molar-refractivity contribution in [2.75, 3.05) is 0 Å². The quantitative estimate of drug-likeness (QED) is 0.322. The standard InChI is InChI=1S/C31H26/c1-23-9-8-14-28(19-23)26-15-17-27(18-16-26)31-21-29(24-10-4-2-5-11-24)20-30(22-31)25-12-6-3-7-13-25/h2,4-6,8-22H,3,7H2,1H3. The van der Waals surface area contributed by atoms with Gasteiger partial charge in [0.1, 0.15) is 0 Å². The average Bonchev–Trinajstić information content (AvgIpc) is 2.85. The van der Waals surface area contributed by atoms with Crippen LogP contribution in [0.25, 0.3) is 39.0 Å². The van der Waals surface area contributed by atoms with Gasteiger partial charge in [-0.25, -0.2) is 0 Å². The van der Waals surface area contributed by atoms with E-state index in [0.29, 0.717) is 0 Å². The molecule has 0 aliphatic heterocycles. The molecule has 0 heteroatoms. The predicted molar refractivity (Wildman–Crippen MR) is 134 cm³/mol. The van der Waals surface area contributed by atoms with Crippen LogP contribution in [0.15, 0.2) is 115 Å². The maximum absolute atomic E-state index is 2.36. The number of aryl methyl sites for hydroxylation is 1. The molecule has 4 aromatic rings. The Morgan fingerprint density at radius 3 is 1.74 bits per heavy atom. The van der Waals surface area contributed by atoms with Gasteiger partial charge in [0, 0.05) is 0 Å². The van der Waals surface area contributed by atoms with Crippen molar-refractivity contribution in [1.82, 2.24) is 0 Å². The minimum atomic E-state index is 1.11. The molecule has 0 saturated carbocycles. The van der Waals surface area contributed by atoms with Crippen LogP contribution >= 0.6 is 0 Å². The lowest BCUT2D eigenvalue weighted by Gasteiger charge is -2.14. The van der Waals surface area contributed by atoms with Crippen LogP contribution in [0, 0.1) is 6.92 Å². The Hall–Kier alpha value is -3.64. The van der Waals surface area contributed by atoms with E-state index in [0.717, 1.165) is 12.8 Å². The Morgan fingerprint density at radius 2 is 1.10 bits per heavy atom. The van der Waals surface area contributed by atoms with E-state index in [1.165, 1.54) is 50.1 Å². The number of benzene rings is 4. The summed E-state index contributed by atoms with van der Waals surface area (Å²) in [5.74, 6) is 0. The van der Waals surface area contributed by atoms with Gasteiger partial charge in [-0.3, -0.25) is 0 Å². The average molecular weight is 399 g/mol. The van der Waals surface area contributed by atoms with E-state index in [1.54, 1.807) is 0 Å². The molecule has 4 aromatic carbocycles. The van der Waals surface area contributed by atoms with Gasteiger partial charge < -0.3 is 0 Å². The predicted octanol–water partition coefficient (Wildman–Crippen LogP) is 8.73. The van der Waals surface area contributed by atoms with Gasteiger partial charge in [-0.2, -0.15) is 0 Å². The molecule has 31 heavy (non-hydrogen) atoms. The Bertz CT molecular complexity index is 1260. The van der Waals surface area contributed by atoms with Crippen molar-refractivity contribution in [2.45, 2.75) is 19.8 Å². The number of hydrogen-bond donors (Lipinski definition) is 0. The number of rotatable bonds is 4. The summed E-state index contributed by atoms with van der Waals surface area (Å²) < 4.78 is 0. The molecule has 0 radical (unpaired) electrons.